The molecular weight excluding hydrogens is 326 g/mol. The number of H-pyrrole nitrogens is 1. The third-order valence-corrected chi connectivity index (χ3v) is 5.46. The summed E-state index contributed by atoms with van der Waals surface area (Å²) in [4.78, 5) is 37.4. The number of amides is 2. The van der Waals surface area contributed by atoms with E-state index in [2.05, 4.69) is 31.6 Å². The molecule has 0 aromatic carbocycles. The molecule has 8 heteroatoms. The highest BCUT2D eigenvalue weighted by Gasteiger charge is 2.43. The number of hydrogen-bond donors (Lipinski definition) is 2. The molecule has 0 saturated carbocycles. The molecule has 4 rings (SSSR count). The van der Waals surface area contributed by atoms with Crippen LogP contribution in [0.4, 0.5) is 0 Å². The van der Waals surface area contributed by atoms with Crippen molar-refractivity contribution in [3.8, 4) is 0 Å². The highest BCUT2D eigenvalue weighted by Crippen LogP contribution is 2.20. The molecule has 7 nitrogen and oxygen atoms in total. The van der Waals surface area contributed by atoms with Gasteiger partial charge in [0.15, 0.2) is 0 Å². The van der Waals surface area contributed by atoms with Crippen molar-refractivity contribution in [3.63, 3.8) is 0 Å². The molecule has 126 valence electrons. The van der Waals surface area contributed by atoms with E-state index in [1.165, 1.54) is 4.88 Å². The second-order valence-corrected chi connectivity index (χ2v) is 7.24. The number of aromatic amines is 1. The fourth-order valence-electron chi connectivity index (χ4n) is 3.38. The Balaban J connectivity index is 1.43. The number of thiophene rings is 1. The van der Waals surface area contributed by atoms with Gasteiger partial charge in [0, 0.05) is 49.4 Å². The largest absolute Gasteiger partial charge is 0.348 e. The van der Waals surface area contributed by atoms with E-state index < -0.39 is 6.04 Å². The van der Waals surface area contributed by atoms with Crippen LogP contribution in [0.1, 0.15) is 10.6 Å². The maximum Gasteiger partial charge on any atom is 0.246 e. The number of nitrogens with zero attached hydrogens (tertiary/aromatic N) is 3. The minimum Gasteiger partial charge on any atom is -0.348 e. The van der Waals surface area contributed by atoms with Gasteiger partial charge in [-0.15, -0.1) is 11.3 Å². The molecule has 2 aliphatic rings. The molecular formula is C16H19N5O2S. The smallest absolute Gasteiger partial charge is 0.246 e. The summed E-state index contributed by atoms with van der Waals surface area (Å²) < 4.78 is 0. The van der Waals surface area contributed by atoms with Crippen molar-refractivity contribution in [2.75, 3.05) is 19.6 Å². The van der Waals surface area contributed by atoms with E-state index >= 15 is 0 Å². The lowest BCUT2D eigenvalue weighted by atomic mass is 10.0. The summed E-state index contributed by atoms with van der Waals surface area (Å²) in [5.41, 5.74) is 0.850. The van der Waals surface area contributed by atoms with E-state index in [9.17, 15) is 9.59 Å². The SMILES string of the molecule is O=C1N[C@H](Cc2cnc[nH]2)C(=O)N2CCN(Cc3cccs3)C[C@@H]12. The lowest BCUT2D eigenvalue weighted by Gasteiger charge is -2.45. The van der Waals surface area contributed by atoms with Crippen molar-refractivity contribution in [2.24, 2.45) is 0 Å². The first-order chi connectivity index (χ1) is 11.7. The zero-order valence-corrected chi connectivity index (χ0v) is 14.0. The monoisotopic (exact) mass is 345 g/mol. The van der Waals surface area contributed by atoms with Crippen molar-refractivity contribution in [1.82, 2.24) is 25.1 Å². The van der Waals surface area contributed by atoms with Crippen LogP contribution in [0.2, 0.25) is 0 Å². The van der Waals surface area contributed by atoms with E-state index in [1.54, 1.807) is 28.8 Å². The molecule has 2 aromatic heterocycles. The number of rotatable bonds is 4. The molecule has 0 aliphatic carbocycles. The van der Waals surface area contributed by atoms with Crippen molar-refractivity contribution in [1.29, 1.82) is 0 Å². The summed E-state index contributed by atoms with van der Waals surface area (Å²) in [7, 11) is 0. The normalized spacial score (nSPS) is 24.8. The minimum atomic E-state index is -0.502. The topological polar surface area (TPSA) is 81.3 Å². The fraction of sp³-hybridized carbons (Fsp3) is 0.438. The van der Waals surface area contributed by atoms with Crippen LogP contribution in [-0.2, 0) is 22.6 Å². The number of hydrogen-bond acceptors (Lipinski definition) is 5. The molecule has 0 bridgehead atoms. The number of piperazine rings is 2. The zero-order valence-electron chi connectivity index (χ0n) is 13.1. The second-order valence-electron chi connectivity index (χ2n) is 6.20. The lowest BCUT2D eigenvalue weighted by molar-refractivity contribution is -0.153. The molecule has 2 N–H and O–H groups in total. The molecule has 0 spiro atoms. The predicted molar refractivity (Wildman–Crippen MR) is 89.3 cm³/mol. The number of aromatic nitrogens is 2. The highest BCUT2D eigenvalue weighted by atomic mass is 32.1. The van der Waals surface area contributed by atoms with E-state index in [0.717, 1.165) is 18.8 Å². The molecule has 2 fully saturated rings. The number of imidazole rings is 1. The van der Waals surface area contributed by atoms with Gasteiger partial charge in [-0.05, 0) is 11.4 Å². The Bertz CT molecular complexity index is 715. The van der Waals surface area contributed by atoms with Gasteiger partial charge in [-0.25, -0.2) is 4.98 Å². The van der Waals surface area contributed by atoms with Crippen LogP contribution >= 0.6 is 11.3 Å². The zero-order chi connectivity index (χ0) is 16.5. The van der Waals surface area contributed by atoms with Gasteiger partial charge >= 0.3 is 0 Å². The van der Waals surface area contributed by atoms with Crippen molar-refractivity contribution >= 4 is 23.2 Å². The highest BCUT2D eigenvalue weighted by molar-refractivity contribution is 7.09. The third kappa shape index (κ3) is 2.94. The van der Waals surface area contributed by atoms with Crippen LogP contribution < -0.4 is 5.32 Å². The first-order valence-electron chi connectivity index (χ1n) is 8.03. The predicted octanol–water partition coefficient (Wildman–Crippen LogP) is 0.225. The Morgan fingerprint density at radius 2 is 2.25 bits per heavy atom. The summed E-state index contributed by atoms with van der Waals surface area (Å²) >= 11 is 1.72. The van der Waals surface area contributed by atoms with Gasteiger partial charge in [0.1, 0.15) is 12.1 Å². The van der Waals surface area contributed by atoms with Crippen LogP contribution in [0.25, 0.3) is 0 Å². The fourth-order valence-corrected chi connectivity index (χ4v) is 4.12. The van der Waals surface area contributed by atoms with E-state index in [0.29, 0.717) is 19.5 Å². The molecule has 2 saturated heterocycles. The minimum absolute atomic E-state index is 0.00461. The van der Waals surface area contributed by atoms with Crippen LogP contribution in [0.3, 0.4) is 0 Å². The van der Waals surface area contributed by atoms with Gasteiger partial charge in [-0.3, -0.25) is 14.5 Å². The maximum absolute atomic E-state index is 12.7. The summed E-state index contributed by atoms with van der Waals surface area (Å²) in [6, 6.07) is 3.25. The average molecular weight is 345 g/mol. The first-order valence-corrected chi connectivity index (χ1v) is 8.91. The quantitative estimate of drug-likeness (QED) is 0.831. The first kappa shape index (κ1) is 15.3. The van der Waals surface area contributed by atoms with Crippen molar-refractivity contribution < 1.29 is 9.59 Å². The molecule has 2 aliphatic heterocycles. The van der Waals surface area contributed by atoms with Gasteiger partial charge in [-0.1, -0.05) is 6.07 Å². The molecule has 2 atom stereocenters. The molecule has 2 amide bonds. The van der Waals surface area contributed by atoms with E-state index in [-0.39, 0.29) is 17.9 Å². The van der Waals surface area contributed by atoms with Crippen molar-refractivity contribution in [2.45, 2.75) is 25.0 Å². The molecule has 2 aromatic rings. The van der Waals surface area contributed by atoms with Gasteiger partial charge in [0.05, 0.1) is 6.33 Å². The number of nitrogens with one attached hydrogen (secondary N) is 2. The number of carbonyl (C=O) groups excluding carboxylic acids is 2. The number of fused-ring (bicyclic) bond motifs is 1. The summed E-state index contributed by atoms with van der Waals surface area (Å²) in [5, 5.41) is 4.94. The molecule has 24 heavy (non-hydrogen) atoms. The Morgan fingerprint density at radius 3 is 3.00 bits per heavy atom. The Hall–Kier alpha value is -2.19. The number of carbonyl (C=O) groups is 2. The maximum atomic E-state index is 12.7. The van der Waals surface area contributed by atoms with E-state index in [1.807, 2.05) is 6.07 Å². The van der Waals surface area contributed by atoms with Gasteiger partial charge in [-0.2, -0.15) is 0 Å². The second kappa shape index (κ2) is 6.37. The third-order valence-electron chi connectivity index (χ3n) is 4.60. The summed E-state index contributed by atoms with van der Waals surface area (Å²) in [5.74, 6) is -0.0556. The van der Waals surface area contributed by atoms with Crippen LogP contribution in [0, 0.1) is 0 Å². The standard InChI is InChI=1S/C16H19N5O2S/c22-15-14-9-20(8-12-2-1-5-24-12)3-4-21(14)16(23)13(19-15)6-11-7-17-10-18-11/h1-2,5,7,10,13-14H,3-4,6,8-9H2,(H,17,18)(H,19,22)/t13-,14+/m1/s1. The van der Waals surface area contributed by atoms with Gasteiger partial charge in [0.2, 0.25) is 11.8 Å². The average Bonchev–Trinajstić information content (AvgIpc) is 3.26. The Morgan fingerprint density at radius 1 is 1.33 bits per heavy atom. The van der Waals surface area contributed by atoms with E-state index in [4.69, 9.17) is 0 Å². The Kier molecular flexibility index (Phi) is 4.07. The lowest BCUT2D eigenvalue weighted by Crippen LogP contribution is -2.69. The van der Waals surface area contributed by atoms with Crippen LogP contribution in [-0.4, -0.2) is 63.3 Å². The van der Waals surface area contributed by atoms with Gasteiger partial charge < -0.3 is 15.2 Å². The molecule has 0 unspecified atom stereocenters. The Labute approximate surface area is 143 Å². The van der Waals surface area contributed by atoms with Crippen LogP contribution in [0.15, 0.2) is 30.0 Å². The van der Waals surface area contributed by atoms with Crippen molar-refractivity contribution in [3.05, 3.63) is 40.6 Å². The van der Waals surface area contributed by atoms with Crippen LogP contribution in [0.5, 0.6) is 0 Å². The molecule has 4 heterocycles. The summed E-state index contributed by atoms with van der Waals surface area (Å²) in [6.45, 7) is 2.82. The summed E-state index contributed by atoms with van der Waals surface area (Å²) in [6.07, 6.45) is 3.72. The van der Waals surface area contributed by atoms with Gasteiger partial charge in [0.25, 0.3) is 0 Å². The molecule has 0 radical (unpaired) electrons.